The molecule has 0 saturated carbocycles. The first-order valence-corrected chi connectivity index (χ1v) is 13.7. The van der Waals surface area contributed by atoms with Crippen molar-refractivity contribution in [3.63, 3.8) is 0 Å². The van der Waals surface area contributed by atoms with Gasteiger partial charge in [-0.1, -0.05) is 91.0 Å². The Hall–Kier alpha value is -4.55. The highest BCUT2D eigenvalue weighted by atomic mass is 32.2. The second kappa shape index (κ2) is 12.5. The number of carbonyl (C=O) groups is 4. The minimum Gasteiger partial charge on any atom is -0.459 e. The minimum absolute atomic E-state index is 0.00187. The molecular weight excluding hydrogens is 540 g/mol. The third kappa shape index (κ3) is 6.90. The molecular formula is C28H26N2O9S. The SMILES string of the molecule is O=C(OCc1ccccc1)C(C(=O)OCc1ccccc1)N1CC(NC(=O)C(c2ccccc2)S(=O)(=O)O)C1=O. The number of amides is 2. The maximum atomic E-state index is 13.0. The Morgan fingerprint density at radius 3 is 1.70 bits per heavy atom. The summed E-state index contributed by atoms with van der Waals surface area (Å²) in [4.78, 5) is 52.6. The number of nitrogens with one attached hydrogen (secondary N) is 1. The van der Waals surface area contributed by atoms with Crippen LogP contribution in [0.15, 0.2) is 91.0 Å². The predicted octanol–water partition coefficient (Wildman–Crippen LogP) is 1.80. The van der Waals surface area contributed by atoms with Crippen molar-refractivity contribution in [2.45, 2.75) is 30.5 Å². The second-order valence-corrected chi connectivity index (χ2v) is 10.4. The van der Waals surface area contributed by atoms with Gasteiger partial charge in [-0.2, -0.15) is 8.42 Å². The number of benzene rings is 3. The van der Waals surface area contributed by atoms with Gasteiger partial charge in [0.05, 0.1) is 6.54 Å². The summed E-state index contributed by atoms with van der Waals surface area (Å²) < 4.78 is 44.1. The monoisotopic (exact) mass is 566 g/mol. The number of likely N-dealkylation sites (tertiary alicyclic amines) is 1. The molecule has 0 spiro atoms. The van der Waals surface area contributed by atoms with E-state index in [1.165, 1.54) is 24.3 Å². The van der Waals surface area contributed by atoms with Crippen molar-refractivity contribution in [3.05, 3.63) is 108 Å². The number of rotatable bonds is 11. The molecule has 1 aliphatic heterocycles. The molecule has 3 aromatic rings. The lowest BCUT2D eigenvalue weighted by Crippen LogP contribution is -2.69. The van der Waals surface area contributed by atoms with Crippen molar-refractivity contribution in [1.29, 1.82) is 0 Å². The van der Waals surface area contributed by atoms with Crippen LogP contribution in [0, 0.1) is 0 Å². The Bertz CT molecular complexity index is 1410. The zero-order valence-corrected chi connectivity index (χ0v) is 21.9. The van der Waals surface area contributed by atoms with Gasteiger partial charge in [-0.3, -0.25) is 14.1 Å². The van der Waals surface area contributed by atoms with Crippen molar-refractivity contribution < 1.29 is 41.6 Å². The molecule has 2 unspecified atom stereocenters. The summed E-state index contributed by atoms with van der Waals surface area (Å²) >= 11 is 0. The fourth-order valence-electron chi connectivity index (χ4n) is 4.09. The van der Waals surface area contributed by atoms with Crippen LogP contribution < -0.4 is 5.32 Å². The van der Waals surface area contributed by atoms with Gasteiger partial charge >= 0.3 is 11.9 Å². The number of carbonyl (C=O) groups excluding carboxylic acids is 4. The van der Waals surface area contributed by atoms with E-state index in [1.54, 1.807) is 66.7 Å². The molecule has 2 N–H and O–H groups in total. The highest BCUT2D eigenvalue weighted by molar-refractivity contribution is 7.86. The fraction of sp³-hybridized carbons (Fsp3) is 0.214. The van der Waals surface area contributed by atoms with Crippen LogP contribution in [-0.2, 0) is 52.0 Å². The zero-order chi connectivity index (χ0) is 28.7. The quantitative estimate of drug-likeness (QED) is 0.153. The van der Waals surface area contributed by atoms with Crippen molar-refractivity contribution in [3.8, 4) is 0 Å². The van der Waals surface area contributed by atoms with Crippen LogP contribution in [0.4, 0.5) is 0 Å². The van der Waals surface area contributed by atoms with Crippen molar-refractivity contribution in [1.82, 2.24) is 10.2 Å². The van der Waals surface area contributed by atoms with E-state index in [0.717, 1.165) is 4.90 Å². The molecule has 2 atom stereocenters. The molecule has 1 aliphatic rings. The normalized spacial score (nSPS) is 15.6. The van der Waals surface area contributed by atoms with E-state index in [2.05, 4.69) is 5.32 Å². The number of nitrogens with zero attached hydrogens (tertiary/aromatic N) is 1. The molecule has 40 heavy (non-hydrogen) atoms. The van der Waals surface area contributed by atoms with Crippen LogP contribution in [0.5, 0.6) is 0 Å². The van der Waals surface area contributed by atoms with Crippen LogP contribution in [0.2, 0.25) is 0 Å². The highest BCUT2D eigenvalue weighted by Crippen LogP contribution is 2.24. The second-order valence-electron chi connectivity index (χ2n) is 8.95. The van der Waals surface area contributed by atoms with Gasteiger partial charge in [0.2, 0.25) is 17.9 Å². The fourth-order valence-corrected chi connectivity index (χ4v) is 4.93. The smallest absolute Gasteiger partial charge is 0.341 e. The maximum absolute atomic E-state index is 13.0. The largest absolute Gasteiger partial charge is 0.459 e. The molecule has 1 fully saturated rings. The third-order valence-electron chi connectivity index (χ3n) is 6.12. The first kappa shape index (κ1) is 28.5. The topological polar surface area (TPSA) is 156 Å². The van der Waals surface area contributed by atoms with Gasteiger partial charge in [0.15, 0.2) is 5.25 Å². The molecule has 11 nitrogen and oxygen atoms in total. The van der Waals surface area contributed by atoms with E-state index < -0.39 is 51.2 Å². The Morgan fingerprint density at radius 1 is 0.825 bits per heavy atom. The van der Waals surface area contributed by atoms with Crippen LogP contribution in [0.1, 0.15) is 21.9 Å². The molecule has 208 valence electrons. The summed E-state index contributed by atoms with van der Waals surface area (Å²) in [5.74, 6) is -4.02. The van der Waals surface area contributed by atoms with E-state index in [4.69, 9.17) is 9.47 Å². The van der Waals surface area contributed by atoms with Crippen molar-refractivity contribution >= 4 is 33.9 Å². The zero-order valence-electron chi connectivity index (χ0n) is 21.1. The molecule has 4 rings (SSSR count). The van der Waals surface area contributed by atoms with E-state index in [9.17, 15) is 32.1 Å². The summed E-state index contributed by atoms with van der Waals surface area (Å²) in [6.45, 7) is -0.613. The van der Waals surface area contributed by atoms with Gasteiger partial charge < -0.3 is 19.7 Å². The van der Waals surface area contributed by atoms with E-state index in [0.29, 0.717) is 11.1 Å². The number of hydrogen-bond acceptors (Lipinski definition) is 8. The maximum Gasteiger partial charge on any atom is 0.341 e. The highest BCUT2D eigenvalue weighted by Gasteiger charge is 2.50. The van der Waals surface area contributed by atoms with Crippen LogP contribution in [0.25, 0.3) is 0 Å². The lowest BCUT2D eigenvalue weighted by atomic mass is 10.0. The molecule has 0 bridgehead atoms. The van der Waals surface area contributed by atoms with Crippen molar-refractivity contribution in [2.75, 3.05) is 6.54 Å². The van der Waals surface area contributed by atoms with E-state index in [1.807, 2.05) is 0 Å². The standard InChI is InChI=1S/C28H26N2O9S/c31-25(24(40(35,36)37)21-14-8-3-9-15-21)29-22-16-30(26(22)32)23(27(33)38-17-19-10-4-1-5-11-19)28(34)39-18-20-12-6-2-7-13-20/h1-15,22-24H,16-18H2,(H,29,31)(H,35,36,37). The lowest BCUT2D eigenvalue weighted by molar-refractivity contribution is -0.175. The van der Waals surface area contributed by atoms with Gasteiger partial charge in [-0.15, -0.1) is 0 Å². The average molecular weight is 567 g/mol. The van der Waals surface area contributed by atoms with Gasteiger partial charge in [-0.05, 0) is 16.7 Å². The first-order valence-electron chi connectivity index (χ1n) is 12.2. The van der Waals surface area contributed by atoms with Gasteiger partial charge in [0.1, 0.15) is 19.3 Å². The molecule has 12 heteroatoms. The molecule has 1 heterocycles. The number of β-lactam (4-membered cyclic amide) rings is 1. The summed E-state index contributed by atoms with van der Waals surface area (Å²) in [6.07, 6.45) is 0. The van der Waals surface area contributed by atoms with Crippen LogP contribution in [0.3, 0.4) is 0 Å². The Kier molecular flexibility index (Phi) is 8.92. The molecule has 0 aromatic heterocycles. The summed E-state index contributed by atoms with van der Waals surface area (Å²) in [5.41, 5.74) is 1.31. The first-order chi connectivity index (χ1) is 19.1. The van der Waals surface area contributed by atoms with Crippen molar-refractivity contribution in [2.24, 2.45) is 0 Å². The van der Waals surface area contributed by atoms with Gasteiger partial charge in [0, 0.05) is 0 Å². The summed E-state index contributed by atoms with van der Waals surface area (Å²) in [5, 5.41) is 0.302. The van der Waals surface area contributed by atoms with E-state index >= 15 is 0 Å². The Labute approximate surface area is 230 Å². The molecule has 0 radical (unpaired) electrons. The Morgan fingerprint density at radius 2 is 1.27 bits per heavy atom. The third-order valence-corrected chi connectivity index (χ3v) is 7.20. The van der Waals surface area contributed by atoms with E-state index in [-0.39, 0.29) is 25.3 Å². The number of hydrogen-bond donors (Lipinski definition) is 2. The number of esters is 2. The summed E-state index contributed by atoms with van der Waals surface area (Å²) in [7, 11) is -4.87. The van der Waals surface area contributed by atoms with Crippen LogP contribution in [-0.4, -0.2) is 60.3 Å². The predicted molar refractivity (Wildman–Crippen MR) is 141 cm³/mol. The lowest BCUT2D eigenvalue weighted by Gasteiger charge is -2.41. The average Bonchev–Trinajstić information content (AvgIpc) is 2.95. The molecule has 1 saturated heterocycles. The molecule has 2 amide bonds. The number of ether oxygens (including phenoxy) is 2. The van der Waals surface area contributed by atoms with Gasteiger partial charge in [-0.25, -0.2) is 9.59 Å². The van der Waals surface area contributed by atoms with Gasteiger partial charge in [0.25, 0.3) is 10.1 Å². The molecule has 0 aliphatic carbocycles. The Balaban J connectivity index is 1.46. The molecule has 3 aromatic carbocycles. The summed E-state index contributed by atoms with van der Waals surface area (Å²) in [6, 6.07) is 21.7. The minimum atomic E-state index is -4.87. The van der Waals surface area contributed by atoms with Crippen LogP contribution >= 0.6 is 0 Å².